The van der Waals surface area contributed by atoms with E-state index in [1.54, 1.807) is 24.3 Å². The summed E-state index contributed by atoms with van der Waals surface area (Å²) in [5.74, 6) is -0.145. The third kappa shape index (κ3) is 5.85. The molecular weight excluding hydrogens is 398 g/mol. The number of benzene rings is 2. The molecule has 0 fully saturated rings. The van der Waals surface area contributed by atoms with Crippen LogP contribution in [0.15, 0.2) is 47.4 Å². The molecule has 0 saturated heterocycles. The molecule has 1 atom stereocenters. The normalized spacial score (nSPS) is 11.9. The van der Waals surface area contributed by atoms with Crippen molar-refractivity contribution in [2.45, 2.75) is 24.8 Å². The summed E-state index contributed by atoms with van der Waals surface area (Å²) in [7, 11) is -1.15. The lowest BCUT2D eigenvalue weighted by molar-refractivity contribution is -0.124. The summed E-state index contributed by atoms with van der Waals surface area (Å²) in [6.07, 6.45) is 0. The molecule has 2 aromatic carbocycles. The van der Waals surface area contributed by atoms with Crippen molar-refractivity contribution < 1.29 is 27.5 Å². The largest absolute Gasteiger partial charge is 0.497 e. The highest BCUT2D eigenvalue weighted by atomic mass is 32.2. The molecule has 1 unspecified atom stereocenters. The fourth-order valence-corrected chi connectivity index (χ4v) is 3.71. The van der Waals surface area contributed by atoms with Crippen LogP contribution in [-0.4, -0.2) is 40.5 Å². The van der Waals surface area contributed by atoms with E-state index in [1.807, 2.05) is 0 Å². The van der Waals surface area contributed by atoms with Crippen molar-refractivity contribution >= 4 is 33.2 Å². The highest BCUT2D eigenvalue weighted by Crippen LogP contribution is 2.29. The Balaban J connectivity index is 2.28. The molecule has 2 rings (SSSR count). The molecular formula is C19H23N3O6S. The van der Waals surface area contributed by atoms with Crippen molar-refractivity contribution in [2.75, 3.05) is 24.3 Å². The van der Waals surface area contributed by atoms with Gasteiger partial charge >= 0.3 is 0 Å². The lowest BCUT2D eigenvalue weighted by atomic mass is 10.2. The second-order valence-corrected chi connectivity index (χ2v) is 7.76. The minimum absolute atomic E-state index is 0.110. The third-order valence-corrected chi connectivity index (χ3v) is 5.28. The van der Waals surface area contributed by atoms with E-state index in [4.69, 9.17) is 9.47 Å². The predicted octanol–water partition coefficient (Wildman–Crippen LogP) is 1.97. The molecule has 156 valence electrons. The molecule has 0 spiro atoms. The molecule has 0 bridgehead atoms. The van der Waals surface area contributed by atoms with Crippen LogP contribution in [0.25, 0.3) is 0 Å². The van der Waals surface area contributed by atoms with Crippen molar-refractivity contribution in [3.63, 3.8) is 0 Å². The maximum Gasteiger partial charge on any atom is 0.265 e. The maximum atomic E-state index is 12.9. The molecule has 0 aliphatic carbocycles. The molecule has 0 radical (unpaired) electrons. The third-order valence-electron chi connectivity index (χ3n) is 3.88. The Morgan fingerprint density at radius 2 is 1.59 bits per heavy atom. The molecule has 2 amide bonds. The number of anilines is 2. The van der Waals surface area contributed by atoms with Crippen molar-refractivity contribution in [3.05, 3.63) is 42.5 Å². The van der Waals surface area contributed by atoms with E-state index in [2.05, 4.69) is 15.4 Å². The minimum Gasteiger partial charge on any atom is -0.497 e. The van der Waals surface area contributed by atoms with Gasteiger partial charge in [0.25, 0.3) is 10.0 Å². The van der Waals surface area contributed by atoms with Crippen LogP contribution in [0.4, 0.5) is 11.4 Å². The van der Waals surface area contributed by atoms with Crippen LogP contribution < -0.4 is 24.8 Å². The van der Waals surface area contributed by atoms with Crippen LogP contribution in [0.2, 0.25) is 0 Å². The SMILES string of the molecule is COc1ccc(NS(=O)(=O)c2cc(NC(=O)C(C)NC(C)=O)ccc2OC)cc1. The van der Waals surface area contributed by atoms with Gasteiger partial charge in [-0.1, -0.05) is 0 Å². The average molecular weight is 421 g/mol. The topological polar surface area (TPSA) is 123 Å². The predicted molar refractivity (Wildman–Crippen MR) is 109 cm³/mol. The number of rotatable bonds is 8. The molecule has 10 heteroatoms. The lowest BCUT2D eigenvalue weighted by Gasteiger charge is -2.16. The van der Waals surface area contributed by atoms with Gasteiger partial charge < -0.3 is 20.1 Å². The van der Waals surface area contributed by atoms with E-state index in [-0.39, 0.29) is 22.2 Å². The first-order valence-electron chi connectivity index (χ1n) is 8.59. The van der Waals surface area contributed by atoms with Gasteiger partial charge in [-0.05, 0) is 49.4 Å². The quantitative estimate of drug-likeness (QED) is 0.599. The van der Waals surface area contributed by atoms with E-state index < -0.39 is 22.0 Å². The van der Waals surface area contributed by atoms with E-state index in [0.717, 1.165) is 0 Å². The summed E-state index contributed by atoms with van der Waals surface area (Å²) in [6.45, 7) is 2.82. The zero-order chi connectivity index (χ0) is 21.6. The molecule has 0 aromatic heterocycles. The fraction of sp³-hybridized carbons (Fsp3) is 0.263. The molecule has 9 nitrogen and oxygen atoms in total. The van der Waals surface area contributed by atoms with Crippen LogP contribution in [0, 0.1) is 0 Å². The van der Waals surface area contributed by atoms with E-state index in [1.165, 1.54) is 46.3 Å². The van der Waals surface area contributed by atoms with Gasteiger partial charge in [0, 0.05) is 18.3 Å². The van der Waals surface area contributed by atoms with Gasteiger partial charge in [0.2, 0.25) is 11.8 Å². The van der Waals surface area contributed by atoms with Gasteiger partial charge in [0.05, 0.1) is 14.2 Å². The van der Waals surface area contributed by atoms with Gasteiger partial charge in [-0.15, -0.1) is 0 Å². The van der Waals surface area contributed by atoms with E-state index in [0.29, 0.717) is 11.4 Å². The Hall–Kier alpha value is -3.27. The number of sulfonamides is 1. The zero-order valence-electron chi connectivity index (χ0n) is 16.5. The molecule has 2 aromatic rings. The maximum absolute atomic E-state index is 12.9. The number of nitrogens with one attached hydrogen (secondary N) is 3. The van der Waals surface area contributed by atoms with Crippen LogP contribution in [-0.2, 0) is 19.6 Å². The summed E-state index contributed by atoms with van der Waals surface area (Å²) in [5, 5.41) is 5.03. The van der Waals surface area contributed by atoms with Crippen LogP contribution in [0.1, 0.15) is 13.8 Å². The summed E-state index contributed by atoms with van der Waals surface area (Å²) < 4.78 is 38.4. The Bertz CT molecular complexity index is 990. The Labute approximate surface area is 169 Å². The van der Waals surface area contributed by atoms with Crippen LogP contribution >= 0.6 is 0 Å². The highest BCUT2D eigenvalue weighted by Gasteiger charge is 2.22. The summed E-state index contributed by atoms with van der Waals surface area (Å²) in [6, 6.07) is 9.79. The first kappa shape index (κ1) is 22.0. The lowest BCUT2D eigenvalue weighted by Crippen LogP contribution is -2.40. The second-order valence-electron chi connectivity index (χ2n) is 6.11. The van der Waals surface area contributed by atoms with Crippen molar-refractivity contribution in [1.82, 2.24) is 5.32 Å². The Morgan fingerprint density at radius 3 is 2.14 bits per heavy atom. The Kier molecular flexibility index (Phi) is 7.05. The summed E-state index contributed by atoms with van der Waals surface area (Å²) in [5.41, 5.74) is 0.574. The number of methoxy groups -OCH3 is 2. The summed E-state index contributed by atoms with van der Waals surface area (Å²) >= 11 is 0. The standard InChI is InChI=1S/C19H23N3O6S/c1-12(20-13(2)23)19(24)21-15-7-10-17(28-4)18(11-15)29(25,26)22-14-5-8-16(27-3)9-6-14/h5-12,22H,1-4H3,(H,20,23)(H,21,24). The van der Waals surface area contributed by atoms with Crippen LogP contribution in [0.3, 0.4) is 0 Å². The number of carbonyl (C=O) groups excluding carboxylic acids is 2. The molecule has 0 heterocycles. The molecule has 0 aliphatic rings. The molecule has 29 heavy (non-hydrogen) atoms. The highest BCUT2D eigenvalue weighted by molar-refractivity contribution is 7.92. The van der Waals surface area contributed by atoms with E-state index >= 15 is 0 Å². The average Bonchev–Trinajstić information content (AvgIpc) is 2.67. The zero-order valence-corrected chi connectivity index (χ0v) is 17.3. The molecule has 0 aliphatic heterocycles. The van der Waals surface area contributed by atoms with Gasteiger partial charge in [0.15, 0.2) is 0 Å². The smallest absolute Gasteiger partial charge is 0.265 e. The van der Waals surface area contributed by atoms with Gasteiger partial charge in [-0.3, -0.25) is 14.3 Å². The van der Waals surface area contributed by atoms with Crippen molar-refractivity contribution in [1.29, 1.82) is 0 Å². The molecule has 0 saturated carbocycles. The van der Waals surface area contributed by atoms with E-state index in [9.17, 15) is 18.0 Å². The minimum atomic E-state index is -4.01. The number of hydrogen-bond acceptors (Lipinski definition) is 6. The monoisotopic (exact) mass is 421 g/mol. The number of hydrogen-bond donors (Lipinski definition) is 3. The Morgan fingerprint density at radius 1 is 0.966 bits per heavy atom. The fourth-order valence-electron chi connectivity index (χ4n) is 2.45. The van der Waals surface area contributed by atoms with Gasteiger partial charge in [-0.25, -0.2) is 8.42 Å². The van der Waals surface area contributed by atoms with Crippen molar-refractivity contribution in [2.24, 2.45) is 0 Å². The van der Waals surface area contributed by atoms with Crippen molar-refractivity contribution in [3.8, 4) is 11.5 Å². The van der Waals surface area contributed by atoms with Gasteiger partial charge in [-0.2, -0.15) is 0 Å². The number of amides is 2. The van der Waals surface area contributed by atoms with Crippen LogP contribution in [0.5, 0.6) is 11.5 Å². The number of carbonyl (C=O) groups is 2. The first-order chi connectivity index (χ1) is 13.7. The second kappa shape index (κ2) is 9.28. The first-order valence-corrected chi connectivity index (χ1v) is 10.1. The molecule has 3 N–H and O–H groups in total. The summed E-state index contributed by atoms with van der Waals surface area (Å²) in [4.78, 5) is 23.1. The number of ether oxygens (including phenoxy) is 2. The van der Waals surface area contributed by atoms with Gasteiger partial charge in [0.1, 0.15) is 22.4 Å².